The number of benzene rings is 2. The van der Waals surface area contributed by atoms with Crippen LogP contribution in [0.1, 0.15) is 41.6 Å². The van der Waals surface area contributed by atoms with Gasteiger partial charge in [-0.25, -0.2) is 4.39 Å². The van der Waals surface area contributed by atoms with Crippen LogP contribution in [0.15, 0.2) is 47.4 Å². The van der Waals surface area contributed by atoms with Crippen LogP contribution >= 0.6 is 11.8 Å². The molecule has 1 saturated carbocycles. The van der Waals surface area contributed by atoms with Crippen LogP contribution in [0.25, 0.3) is 0 Å². The summed E-state index contributed by atoms with van der Waals surface area (Å²) in [6, 6.07) is 11.4. The maximum absolute atomic E-state index is 13.3. The summed E-state index contributed by atoms with van der Waals surface area (Å²) in [7, 11) is 0. The lowest BCUT2D eigenvalue weighted by Crippen LogP contribution is -2.38. The van der Waals surface area contributed by atoms with Gasteiger partial charge in [-0.1, -0.05) is 0 Å². The van der Waals surface area contributed by atoms with E-state index in [-0.39, 0.29) is 41.4 Å². The van der Waals surface area contributed by atoms with E-state index in [2.05, 4.69) is 10.6 Å². The number of fused-ring (bicyclic) bond motifs is 1. The lowest BCUT2D eigenvalue weighted by molar-refractivity contribution is -0.143. The molecule has 0 radical (unpaired) electrons. The van der Waals surface area contributed by atoms with Gasteiger partial charge in [-0.05, 0) is 80.1 Å². The van der Waals surface area contributed by atoms with Crippen molar-refractivity contribution >= 4 is 29.5 Å². The Morgan fingerprint density at radius 1 is 1.00 bits per heavy atom. The van der Waals surface area contributed by atoms with Crippen molar-refractivity contribution in [1.29, 1.82) is 0 Å². The summed E-state index contributed by atoms with van der Waals surface area (Å²) in [6.45, 7) is 0.584. The number of hydrogen-bond acceptors (Lipinski definition) is 5. The standard InChI is InChI=1S/C25H27FN2O5S/c26-18-5-10-21-17(13-18)14-22(34-21)24(30)28-12-11-27-23(29)15-1-6-19(7-2-15)33-20-8-3-16(4-9-20)25(31)32/h1-2,5-7,10,13,16,20,22H,3-4,8-9,11-12,14H2,(H,27,29)(H,28,30)(H,31,32)/t16-,20+,22?. The third-order valence-electron chi connectivity index (χ3n) is 6.14. The van der Waals surface area contributed by atoms with Gasteiger partial charge in [0.25, 0.3) is 5.91 Å². The average Bonchev–Trinajstić information content (AvgIpc) is 3.26. The number of aliphatic carboxylic acids is 1. The summed E-state index contributed by atoms with van der Waals surface area (Å²) >= 11 is 1.43. The Kier molecular flexibility index (Phi) is 7.72. The highest BCUT2D eigenvalue weighted by Gasteiger charge is 2.28. The maximum Gasteiger partial charge on any atom is 0.306 e. The predicted octanol–water partition coefficient (Wildman–Crippen LogP) is 3.41. The quantitative estimate of drug-likeness (QED) is 0.494. The highest BCUT2D eigenvalue weighted by Crippen LogP contribution is 2.37. The van der Waals surface area contributed by atoms with Crippen LogP contribution in [0, 0.1) is 11.7 Å². The van der Waals surface area contributed by atoms with Crippen molar-refractivity contribution in [2.75, 3.05) is 13.1 Å². The number of rotatable bonds is 8. The first-order valence-corrected chi connectivity index (χ1v) is 12.3. The van der Waals surface area contributed by atoms with Crippen molar-refractivity contribution in [3.05, 3.63) is 59.4 Å². The highest BCUT2D eigenvalue weighted by atomic mass is 32.2. The molecule has 1 aliphatic heterocycles. The molecule has 2 aliphatic rings. The van der Waals surface area contributed by atoms with Gasteiger partial charge in [0.1, 0.15) is 11.6 Å². The van der Waals surface area contributed by atoms with Gasteiger partial charge >= 0.3 is 5.97 Å². The van der Waals surface area contributed by atoms with Gasteiger partial charge in [0, 0.05) is 23.5 Å². The van der Waals surface area contributed by atoms with Crippen molar-refractivity contribution in [3.63, 3.8) is 0 Å². The Balaban J connectivity index is 1.15. The zero-order valence-corrected chi connectivity index (χ0v) is 19.4. The Morgan fingerprint density at radius 3 is 2.41 bits per heavy atom. The minimum absolute atomic E-state index is 0.0104. The van der Waals surface area contributed by atoms with E-state index in [9.17, 15) is 18.8 Å². The topological polar surface area (TPSA) is 105 Å². The van der Waals surface area contributed by atoms with E-state index in [1.807, 2.05) is 0 Å². The molecule has 1 atom stereocenters. The number of carboxylic acid groups (broad SMARTS) is 1. The van der Waals surface area contributed by atoms with Gasteiger partial charge in [0.15, 0.2) is 0 Å². The molecule has 2 aromatic rings. The molecule has 0 spiro atoms. The molecule has 1 fully saturated rings. The lowest BCUT2D eigenvalue weighted by Gasteiger charge is -2.26. The van der Waals surface area contributed by atoms with Crippen molar-refractivity contribution in [3.8, 4) is 5.75 Å². The number of carbonyl (C=O) groups excluding carboxylic acids is 2. The Morgan fingerprint density at radius 2 is 1.71 bits per heavy atom. The first-order chi connectivity index (χ1) is 16.4. The van der Waals surface area contributed by atoms with Crippen molar-refractivity contribution in [1.82, 2.24) is 10.6 Å². The number of amides is 2. The van der Waals surface area contributed by atoms with Gasteiger partial charge in [-0.3, -0.25) is 14.4 Å². The molecule has 1 unspecified atom stereocenters. The van der Waals surface area contributed by atoms with E-state index in [4.69, 9.17) is 9.84 Å². The third kappa shape index (κ3) is 6.08. The normalized spacial score (nSPS) is 21.4. The minimum Gasteiger partial charge on any atom is -0.490 e. The first-order valence-electron chi connectivity index (χ1n) is 11.4. The molecule has 3 N–H and O–H groups in total. The van der Waals surface area contributed by atoms with E-state index >= 15 is 0 Å². The fraction of sp³-hybridized carbons (Fsp3) is 0.400. The first kappa shape index (κ1) is 24.1. The predicted molar refractivity (Wildman–Crippen MR) is 126 cm³/mol. The number of carboxylic acids is 1. The molecule has 2 aromatic carbocycles. The SMILES string of the molecule is O=C(NCCNC(=O)C1Cc2cc(F)ccc2S1)c1ccc(O[C@H]2CC[C@@H](C(=O)O)CC2)cc1. The Hall–Kier alpha value is -3.07. The van der Waals surface area contributed by atoms with Gasteiger partial charge < -0.3 is 20.5 Å². The molecule has 0 bridgehead atoms. The molecule has 2 amide bonds. The Bertz CT molecular complexity index is 1050. The molecule has 34 heavy (non-hydrogen) atoms. The lowest BCUT2D eigenvalue weighted by atomic mass is 9.87. The smallest absolute Gasteiger partial charge is 0.306 e. The Labute approximate surface area is 201 Å². The molecular weight excluding hydrogens is 459 g/mol. The van der Waals surface area contributed by atoms with Crippen LogP contribution in [-0.2, 0) is 16.0 Å². The molecule has 4 rings (SSSR count). The van der Waals surface area contributed by atoms with Crippen LogP contribution in [0.3, 0.4) is 0 Å². The molecule has 1 aliphatic carbocycles. The molecule has 0 aromatic heterocycles. The molecule has 1 heterocycles. The van der Waals surface area contributed by atoms with Crippen LogP contribution in [0.4, 0.5) is 4.39 Å². The second-order valence-electron chi connectivity index (χ2n) is 8.56. The molecule has 180 valence electrons. The second-order valence-corrected chi connectivity index (χ2v) is 9.81. The van der Waals surface area contributed by atoms with Crippen LogP contribution in [0.5, 0.6) is 5.75 Å². The van der Waals surface area contributed by atoms with Crippen LogP contribution in [0.2, 0.25) is 0 Å². The van der Waals surface area contributed by atoms with Crippen molar-refractivity contribution in [2.45, 2.75) is 48.4 Å². The van der Waals surface area contributed by atoms with Gasteiger partial charge in [0.2, 0.25) is 5.91 Å². The van der Waals surface area contributed by atoms with E-state index in [0.29, 0.717) is 50.0 Å². The van der Waals surface area contributed by atoms with E-state index < -0.39 is 5.97 Å². The van der Waals surface area contributed by atoms with Crippen molar-refractivity contribution in [2.24, 2.45) is 5.92 Å². The van der Waals surface area contributed by atoms with Crippen LogP contribution in [-0.4, -0.2) is 47.3 Å². The monoisotopic (exact) mass is 486 g/mol. The number of halogens is 1. The number of ether oxygens (including phenoxy) is 1. The summed E-state index contributed by atoms with van der Waals surface area (Å²) in [6.07, 6.45) is 3.11. The number of nitrogens with one attached hydrogen (secondary N) is 2. The number of hydrogen-bond donors (Lipinski definition) is 3. The zero-order valence-electron chi connectivity index (χ0n) is 18.6. The summed E-state index contributed by atoms with van der Waals surface area (Å²) in [5.74, 6) is -1.06. The molecule has 7 nitrogen and oxygen atoms in total. The highest BCUT2D eigenvalue weighted by molar-refractivity contribution is 8.01. The molecular formula is C25H27FN2O5S. The largest absolute Gasteiger partial charge is 0.490 e. The van der Waals surface area contributed by atoms with Crippen LogP contribution < -0.4 is 15.4 Å². The third-order valence-corrected chi connectivity index (χ3v) is 7.46. The summed E-state index contributed by atoms with van der Waals surface area (Å²) in [4.78, 5) is 36.7. The van der Waals surface area contributed by atoms with E-state index in [1.165, 1.54) is 23.9 Å². The fourth-order valence-electron chi connectivity index (χ4n) is 4.25. The van der Waals surface area contributed by atoms with E-state index in [1.54, 1.807) is 30.3 Å². The number of thioether (sulfide) groups is 1. The van der Waals surface area contributed by atoms with Gasteiger partial charge in [0.05, 0.1) is 17.3 Å². The second kappa shape index (κ2) is 10.9. The summed E-state index contributed by atoms with van der Waals surface area (Å²) in [5.41, 5.74) is 1.33. The number of carbonyl (C=O) groups is 3. The minimum atomic E-state index is -0.743. The maximum atomic E-state index is 13.3. The molecule has 9 heteroatoms. The summed E-state index contributed by atoms with van der Waals surface area (Å²) in [5, 5.41) is 14.4. The summed E-state index contributed by atoms with van der Waals surface area (Å²) < 4.78 is 19.3. The van der Waals surface area contributed by atoms with Gasteiger partial charge in [-0.15, -0.1) is 11.8 Å². The fourth-order valence-corrected chi connectivity index (χ4v) is 5.45. The molecule has 0 saturated heterocycles. The van der Waals surface area contributed by atoms with Crippen molar-refractivity contribution < 1.29 is 28.6 Å². The average molecular weight is 487 g/mol. The zero-order chi connectivity index (χ0) is 24.1. The van der Waals surface area contributed by atoms with E-state index in [0.717, 1.165) is 10.5 Å². The van der Waals surface area contributed by atoms with Gasteiger partial charge in [-0.2, -0.15) is 0 Å².